The van der Waals surface area contributed by atoms with Gasteiger partial charge in [-0.15, -0.1) is 0 Å². The topological polar surface area (TPSA) is 37.3 Å². The molecular formula is C12H19AsO2. The van der Waals surface area contributed by atoms with Gasteiger partial charge in [-0.1, -0.05) is 0 Å². The number of aryl methyl sites for hydroxylation is 1. The average molecular weight is 270 g/mol. The van der Waals surface area contributed by atoms with Crippen LogP contribution >= 0.6 is 0 Å². The summed E-state index contributed by atoms with van der Waals surface area (Å²) in [5.74, 6) is 0. The second kappa shape index (κ2) is 6.92. The van der Waals surface area contributed by atoms with Gasteiger partial charge in [-0.05, 0) is 0 Å². The predicted octanol–water partition coefficient (Wildman–Crippen LogP) is 1.66. The van der Waals surface area contributed by atoms with E-state index in [0.29, 0.717) is 4.35 Å². The van der Waals surface area contributed by atoms with E-state index in [0.717, 1.165) is 18.4 Å². The Balaban J connectivity index is 2.56. The fraction of sp³-hybridized carbons (Fsp3) is 0.500. The number of unbranched alkanes of at least 4 members (excludes halogenated alkanes) is 3. The normalized spacial score (nSPS) is 12.7. The molecule has 3 heteroatoms. The molecule has 0 heterocycles. The SMILES string of the molecule is CCCCCCc1ccccc1[AsH](=O)O. The van der Waals surface area contributed by atoms with E-state index in [-0.39, 0.29) is 0 Å². The molecule has 0 radical (unpaired) electrons. The predicted molar refractivity (Wildman–Crippen MR) is 64.0 cm³/mol. The summed E-state index contributed by atoms with van der Waals surface area (Å²) in [6.07, 6.45) is 5.75. The third kappa shape index (κ3) is 4.27. The van der Waals surface area contributed by atoms with Crippen LogP contribution in [0.15, 0.2) is 24.3 Å². The van der Waals surface area contributed by atoms with E-state index in [2.05, 4.69) is 6.92 Å². The van der Waals surface area contributed by atoms with Crippen molar-refractivity contribution in [2.45, 2.75) is 39.0 Å². The molecule has 0 aromatic heterocycles. The van der Waals surface area contributed by atoms with Crippen LogP contribution in [-0.4, -0.2) is 19.0 Å². The molecule has 0 aliphatic carbocycles. The van der Waals surface area contributed by atoms with E-state index in [1.807, 2.05) is 18.2 Å². The Kier molecular flexibility index (Phi) is 5.82. The van der Waals surface area contributed by atoms with Crippen LogP contribution in [0.5, 0.6) is 0 Å². The van der Waals surface area contributed by atoms with Gasteiger partial charge in [0.05, 0.1) is 0 Å². The summed E-state index contributed by atoms with van der Waals surface area (Å²) < 4.78 is 21.1. The first-order valence-electron chi connectivity index (χ1n) is 5.57. The third-order valence-corrected chi connectivity index (χ3v) is 4.54. The van der Waals surface area contributed by atoms with E-state index >= 15 is 0 Å². The van der Waals surface area contributed by atoms with Crippen molar-refractivity contribution in [3.8, 4) is 0 Å². The number of rotatable bonds is 6. The molecule has 0 saturated heterocycles. The van der Waals surface area contributed by atoms with Gasteiger partial charge in [0.25, 0.3) is 0 Å². The quantitative estimate of drug-likeness (QED) is 0.630. The minimum atomic E-state index is -3.13. The second-order valence-corrected chi connectivity index (χ2v) is 6.18. The summed E-state index contributed by atoms with van der Waals surface area (Å²) in [7, 11) is 0. The van der Waals surface area contributed by atoms with Crippen molar-refractivity contribution in [2.24, 2.45) is 0 Å². The van der Waals surface area contributed by atoms with E-state index < -0.39 is 14.9 Å². The molecule has 84 valence electrons. The molecule has 2 nitrogen and oxygen atoms in total. The molecule has 1 atom stereocenters. The molecule has 15 heavy (non-hydrogen) atoms. The summed E-state index contributed by atoms with van der Waals surface area (Å²) in [4.78, 5) is 0. The summed E-state index contributed by atoms with van der Waals surface area (Å²) in [5, 5.41) is 0. The number of hydrogen-bond acceptors (Lipinski definition) is 1. The fourth-order valence-corrected chi connectivity index (χ4v) is 3.20. The number of benzene rings is 1. The zero-order chi connectivity index (χ0) is 11.1. The molecule has 1 aromatic rings. The molecule has 0 aliphatic rings. The van der Waals surface area contributed by atoms with Gasteiger partial charge < -0.3 is 0 Å². The molecule has 1 aromatic carbocycles. The Bertz CT molecular complexity index is 323. The Morgan fingerprint density at radius 2 is 1.93 bits per heavy atom. The van der Waals surface area contributed by atoms with Crippen LogP contribution in [0.3, 0.4) is 0 Å². The van der Waals surface area contributed by atoms with Crippen molar-refractivity contribution in [3.63, 3.8) is 0 Å². The van der Waals surface area contributed by atoms with Crippen molar-refractivity contribution in [1.29, 1.82) is 0 Å². The molecule has 0 fully saturated rings. The summed E-state index contributed by atoms with van der Waals surface area (Å²) in [6, 6.07) is 7.55. The van der Waals surface area contributed by atoms with Crippen molar-refractivity contribution in [3.05, 3.63) is 29.8 Å². The Morgan fingerprint density at radius 1 is 1.20 bits per heavy atom. The van der Waals surface area contributed by atoms with Gasteiger partial charge in [-0.2, -0.15) is 0 Å². The monoisotopic (exact) mass is 270 g/mol. The van der Waals surface area contributed by atoms with Gasteiger partial charge in [0.2, 0.25) is 0 Å². The van der Waals surface area contributed by atoms with E-state index in [4.69, 9.17) is 0 Å². The first-order valence-corrected chi connectivity index (χ1v) is 8.41. The standard InChI is InChI=1S/C12H19AsO2/c1-2-3-4-5-8-11-9-6-7-10-12(11)13(14)15/h6-7,9-10,13H,2-5,8H2,1H3,(H,14,15). The van der Waals surface area contributed by atoms with Crippen molar-refractivity contribution < 1.29 is 7.84 Å². The molecule has 0 aliphatic heterocycles. The van der Waals surface area contributed by atoms with Gasteiger partial charge in [-0.3, -0.25) is 0 Å². The first-order chi connectivity index (χ1) is 7.25. The minimum absolute atomic E-state index is 0.703. The number of hydrogen-bond donors (Lipinski definition) is 1. The summed E-state index contributed by atoms with van der Waals surface area (Å²) in [6.45, 7) is 2.18. The van der Waals surface area contributed by atoms with Crippen LogP contribution in [0.25, 0.3) is 0 Å². The van der Waals surface area contributed by atoms with Gasteiger partial charge in [0.15, 0.2) is 0 Å². The zero-order valence-electron chi connectivity index (χ0n) is 9.20. The molecule has 0 amide bonds. The van der Waals surface area contributed by atoms with Crippen LogP contribution in [0, 0.1) is 0 Å². The summed E-state index contributed by atoms with van der Waals surface area (Å²) >= 11 is -3.13. The summed E-state index contributed by atoms with van der Waals surface area (Å²) in [5.41, 5.74) is 1.07. The Labute approximate surface area is 96.2 Å². The third-order valence-electron chi connectivity index (χ3n) is 2.55. The van der Waals surface area contributed by atoms with Gasteiger partial charge >= 0.3 is 96.0 Å². The van der Waals surface area contributed by atoms with Crippen molar-refractivity contribution in [2.75, 3.05) is 0 Å². The molecular weight excluding hydrogens is 251 g/mol. The Hall–Kier alpha value is -0.462. The van der Waals surface area contributed by atoms with Crippen LogP contribution in [0.4, 0.5) is 0 Å². The van der Waals surface area contributed by atoms with E-state index in [1.165, 1.54) is 19.3 Å². The van der Waals surface area contributed by atoms with Crippen LogP contribution in [-0.2, 0) is 10.2 Å². The van der Waals surface area contributed by atoms with Crippen LogP contribution in [0.1, 0.15) is 38.2 Å². The zero-order valence-corrected chi connectivity index (χ0v) is 11.3. The molecule has 1 N–H and O–H groups in total. The van der Waals surface area contributed by atoms with Crippen molar-refractivity contribution in [1.82, 2.24) is 0 Å². The maximum absolute atomic E-state index is 11.2. The molecule has 0 saturated carbocycles. The fourth-order valence-electron chi connectivity index (χ4n) is 1.69. The second-order valence-electron chi connectivity index (χ2n) is 3.77. The van der Waals surface area contributed by atoms with Crippen LogP contribution in [0.2, 0.25) is 0 Å². The van der Waals surface area contributed by atoms with Crippen molar-refractivity contribution >= 4 is 19.3 Å². The molecule has 0 bridgehead atoms. The van der Waals surface area contributed by atoms with E-state index in [1.54, 1.807) is 6.07 Å². The van der Waals surface area contributed by atoms with Gasteiger partial charge in [0.1, 0.15) is 0 Å². The first kappa shape index (κ1) is 12.6. The molecule has 1 rings (SSSR count). The van der Waals surface area contributed by atoms with Gasteiger partial charge in [0, 0.05) is 0 Å². The molecule has 0 spiro atoms. The Morgan fingerprint density at radius 3 is 2.60 bits per heavy atom. The van der Waals surface area contributed by atoms with E-state index in [9.17, 15) is 7.84 Å². The van der Waals surface area contributed by atoms with Crippen LogP contribution < -0.4 is 4.35 Å². The van der Waals surface area contributed by atoms with Gasteiger partial charge in [-0.25, -0.2) is 0 Å². The maximum atomic E-state index is 11.2. The molecule has 1 unspecified atom stereocenters. The average Bonchev–Trinajstić information content (AvgIpc) is 2.25.